The van der Waals surface area contributed by atoms with Gasteiger partial charge in [0.2, 0.25) is 0 Å². The zero-order valence-corrected chi connectivity index (χ0v) is 11.2. The van der Waals surface area contributed by atoms with Crippen LogP contribution in [-0.2, 0) is 10.0 Å². The number of nitrogens with one attached hydrogen (secondary N) is 2. The van der Waals surface area contributed by atoms with Gasteiger partial charge in [-0.25, -0.2) is 8.42 Å². The molecule has 0 spiro atoms. The lowest BCUT2D eigenvalue weighted by Crippen LogP contribution is -2.15. The molecule has 0 aliphatic carbocycles. The number of rotatable bonds is 3. The molecule has 0 fully saturated rings. The number of nitriles is 1. The fourth-order valence-corrected chi connectivity index (χ4v) is 3.00. The molecule has 0 amide bonds. The molecular weight excluding hydrogens is 264 g/mol. The van der Waals surface area contributed by atoms with Crippen molar-refractivity contribution in [1.82, 2.24) is 10.2 Å². The topological polar surface area (TPSA) is 98.6 Å². The summed E-state index contributed by atoms with van der Waals surface area (Å²) in [6, 6.07) is 6.90. The molecule has 0 atom stereocenters. The van der Waals surface area contributed by atoms with E-state index in [1.807, 2.05) is 13.0 Å². The Hall–Kier alpha value is -2.33. The highest BCUT2D eigenvalue weighted by Gasteiger charge is 2.19. The molecule has 0 unspecified atom stereocenters. The third-order valence-electron chi connectivity index (χ3n) is 2.62. The third-order valence-corrected chi connectivity index (χ3v) is 4.13. The molecule has 2 N–H and O–H groups in total. The molecule has 19 heavy (non-hydrogen) atoms. The summed E-state index contributed by atoms with van der Waals surface area (Å²) in [6.45, 7) is 3.61. The van der Waals surface area contributed by atoms with Gasteiger partial charge in [-0.05, 0) is 25.5 Å². The zero-order chi connectivity index (χ0) is 14.0. The van der Waals surface area contributed by atoms with Crippen molar-refractivity contribution >= 4 is 15.8 Å². The molecule has 0 aliphatic heterocycles. The first-order chi connectivity index (χ1) is 8.94. The van der Waals surface area contributed by atoms with Gasteiger partial charge in [-0.2, -0.15) is 10.4 Å². The highest BCUT2D eigenvalue weighted by molar-refractivity contribution is 7.92. The van der Waals surface area contributed by atoms with Crippen molar-refractivity contribution < 1.29 is 8.42 Å². The highest BCUT2D eigenvalue weighted by Crippen LogP contribution is 2.20. The number of aryl methyl sites for hydroxylation is 2. The van der Waals surface area contributed by atoms with E-state index >= 15 is 0 Å². The number of nitrogens with zero attached hydrogens (tertiary/aromatic N) is 2. The number of benzene rings is 1. The quantitative estimate of drug-likeness (QED) is 0.891. The molecule has 1 aromatic carbocycles. The second kappa shape index (κ2) is 4.74. The van der Waals surface area contributed by atoms with Crippen LogP contribution in [0.2, 0.25) is 0 Å². The Balaban J connectivity index is 2.41. The molecule has 1 heterocycles. The molecule has 2 aromatic rings. The van der Waals surface area contributed by atoms with E-state index in [0.717, 1.165) is 5.56 Å². The Morgan fingerprint density at radius 2 is 2.11 bits per heavy atom. The van der Waals surface area contributed by atoms with Crippen molar-refractivity contribution in [2.45, 2.75) is 18.7 Å². The molecule has 0 radical (unpaired) electrons. The minimum absolute atomic E-state index is 0.0717. The fourth-order valence-electron chi connectivity index (χ4n) is 1.74. The highest BCUT2D eigenvalue weighted by atomic mass is 32.2. The number of hydrogen-bond acceptors (Lipinski definition) is 4. The maximum Gasteiger partial charge on any atom is 0.263 e. The van der Waals surface area contributed by atoms with Gasteiger partial charge in [0.1, 0.15) is 11.6 Å². The number of anilines is 1. The first-order valence-corrected chi connectivity index (χ1v) is 6.96. The second-order valence-electron chi connectivity index (χ2n) is 4.14. The fraction of sp³-hybridized carbons (Fsp3) is 0.167. The van der Waals surface area contributed by atoms with E-state index in [1.165, 1.54) is 12.3 Å². The maximum atomic E-state index is 12.2. The molecule has 98 valence electrons. The second-order valence-corrected chi connectivity index (χ2v) is 5.80. The molecule has 2 rings (SSSR count). The molecular formula is C12H12N4O2S. The van der Waals surface area contributed by atoms with E-state index in [0.29, 0.717) is 5.56 Å². The predicted octanol–water partition coefficient (Wildman–Crippen LogP) is 1.70. The Morgan fingerprint density at radius 3 is 2.74 bits per heavy atom. The lowest BCUT2D eigenvalue weighted by molar-refractivity contribution is 0.600. The number of aromatic nitrogens is 2. The van der Waals surface area contributed by atoms with Gasteiger partial charge < -0.3 is 0 Å². The number of hydrogen-bond donors (Lipinski definition) is 2. The van der Waals surface area contributed by atoms with Gasteiger partial charge in [-0.15, -0.1) is 0 Å². The predicted molar refractivity (Wildman–Crippen MR) is 70.0 cm³/mol. The van der Waals surface area contributed by atoms with Crippen molar-refractivity contribution in [3.8, 4) is 6.07 Å². The smallest absolute Gasteiger partial charge is 0.263 e. The largest absolute Gasteiger partial charge is 0.263 e. The zero-order valence-electron chi connectivity index (χ0n) is 10.4. The first-order valence-electron chi connectivity index (χ1n) is 5.47. The normalized spacial score (nSPS) is 11.0. The van der Waals surface area contributed by atoms with Crippen LogP contribution < -0.4 is 4.72 Å². The van der Waals surface area contributed by atoms with Crippen LogP contribution in [0.4, 0.5) is 5.82 Å². The average molecular weight is 276 g/mol. The molecule has 6 nitrogen and oxygen atoms in total. The van der Waals surface area contributed by atoms with E-state index in [-0.39, 0.29) is 16.3 Å². The SMILES string of the molecule is Cc1ccc(S(=O)(=O)Nc2[nH]ncc2C#N)c(C)c1. The van der Waals surface area contributed by atoms with E-state index in [4.69, 9.17) is 5.26 Å². The Labute approximate surface area is 111 Å². The average Bonchev–Trinajstić information content (AvgIpc) is 2.74. The van der Waals surface area contributed by atoms with Gasteiger partial charge in [-0.3, -0.25) is 9.82 Å². The van der Waals surface area contributed by atoms with Crippen molar-refractivity contribution in [2.24, 2.45) is 0 Å². The van der Waals surface area contributed by atoms with Crippen LogP contribution in [0.5, 0.6) is 0 Å². The summed E-state index contributed by atoms with van der Waals surface area (Å²) >= 11 is 0. The van der Waals surface area contributed by atoms with Gasteiger partial charge in [0.15, 0.2) is 5.82 Å². The summed E-state index contributed by atoms with van der Waals surface area (Å²) in [4.78, 5) is 0.177. The third kappa shape index (κ3) is 2.58. The summed E-state index contributed by atoms with van der Waals surface area (Å²) in [7, 11) is -3.74. The Morgan fingerprint density at radius 1 is 1.37 bits per heavy atom. The summed E-state index contributed by atoms with van der Waals surface area (Å²) in [5.41, 5.74) is 1.77. The van der Waals surface area contributed by atoms with E-state index in [9.17, 15) is 8.42 Å². The van der Waals surface area contributed by atoms with Crippen molar-refractivity contribution in [3.05, 3.63) is 41.1 Å². The van der Waals surface area contributed by atoms with Gasteiger partial charge in [0.25, 0.3) is 10.0 Å². The Kier molecular flexibility index (Phi) is 3.27. The van der Waals surface area contributed by atoms with Gasteiger partial charge in [0, 0.05) is 0 Å². The van der Waals surface area contributed by atoms with E-state index in [2.05, 4.69) is 14.9 Å². The summed E-state index contributed by atoms with van der Waals surface area (Å²) < 4.78 is 26.8. The minimum Gasteiger partial charge on any atom is -0.263 e. The van der Waals surface area contributed by atoms with Crippen molar-refractivity contribution in [3.63, 3.8) is 0 Å². The van der Waals surface area contributed by atoms with Crippen LogP contribution in [0.25, 0.3) is 0 Å². The van der Waals surface area contributed by atoms with E-state index in [1.54, 1.807) is 19.1 Å². The van der Waals surface area contributed by atoms with Gasteiger partial charge in [0.05, 0.1) is 11.1 Å². The minimum atomic E-state index is -3.74. The van der Waals surface area contributed by atoms with Crippen LogP contribution in [0, 0.1) is 25.2 Å². The van der Waals surface area contributed by atoms with Crippen molar-refractivity contribution in [1.29, 1.82) is 5.26 Å². The lowest BCUT2D eigenvalue weighted by atomic mass is 10.2. The van der Waals surface area contributed by atoms with Gasteiger partial charge >= 0.3 is 0 Å². The van der Waals surface area contributed by atoms with Crippen LogP contribution in [0.15, 0.2) is 29.3 Å². The molecule has 7 heteroatoms. The molecule has 0 saturated carbocycles. The Bertz CT molecular complexity index is 756. The monoisotopic (exact) mass is 276 g/mol. The van der Waals surface area contributed by atoms with Crippen LogP contribution >= 0.6 is 0 Å². The van der Waals surface area contributed by atoms with Crippen LogP contribution in [-0.4, -0.2) is 18.6 Å². The molecule has 0 aliphatic rings. The lowest BCUT2D eigenvalue weighted by Gasteiger charge is -2.09. The molecule has 0 saturated heterocycles. The number of H-pyrrole nitrogens is 1. The van der Waals surface area contributed by atoms with E-state index < -0.39 is 10.0 Å². The van der Waals surface area contributed by atoms with Gasteiger partial charge in [-0.1, -0.05) is 17.7 Å². The number of sulfonamides is 1. The maximum absolute atomic E-state index is 12.2. The standard InChI is InChI=1S/C12H12N4O2S/c1-8-3-4-11(9(2)5-8)19(17,18)16-12-10(6-13)7-14-15-12/h3-5,7H,1-2H3,(H2,14,15,16). The van der Waals surface area contributed by atoms with Crippen LogP contribution in [0.1, 0.15) is 16.7 Å². The number of aromatic amines is 1. The first kappa shape index (κ1) is 13.1. The summed E-state index contributed by atoms with van der Waals surface area (Å²) in [5.74, 6) is 0.0717. The summed E-state index contributed by atoms with van der Waals surface area (Å²) in [6.07, 6.45) is 1.26. The molecule has 1 aromatic heterocycles. The summed E-state index contributed by atoms with van der Waals surface area (Å²) in [5, 5.41) is 14.9. The molecule has 0 bridgehead atoms. The van der Waals surface area contributed by atoms with Crippen LogP contribution in [0.3, 0.4) is 0 Å². The van der Waals surface area contributed by atoms with Crippen molar-refractivity contribution in [2.75, 3.05) is 4.72 Å².